The number of amides is 2. The molecule has 1 aliphatic rings. The summed E-state index contributed by atoms with van der Waals surface area (Å²) in [4.78, 5) is 24.4. The van der Waals surface area contributed by atoms with Crippen molar-refractivity contribution < 1.29 is 20.6 Å². The van der Waals surface area contributed by atoms with Gasteiger partial charge in [-0.05, 0) is 18.7 Å². The second-order valence-electron chi connectivity index (χ2n) is 3.38. The highest BCUT2D eigenvalue weighted by Crippen LogP contribution is 2.24. The van der Waals surface area contributed by atoms with Gasteiger partial charge in [0, 0.05) is 23.9 Å². The Bertz CT molecular complexity index is 507. The maximum atomic E-state index is 12.1. The lowest BCUT2D eigenvalue weighted by Gasteiger charge is -2.24. The van der Waals surface area contributed by atoms with E-state index < -0.39 is 56.3 Å². The summed E-state index contributed by atoms with van der Waals surface area (Å²) in [6.45, 7) is -2.33. The Morgan fingerprint density at radius 1 is 1.93 bits per heavy atom. The number of nitrogens with two attached hydrogens (primary N) is 1. The van der Waals surface area contributed by atoms with Crippen LogP contribution in [-0.4, -0.2) is 29.3 Å². The monoisotopic (exact) mass is 220 g/mol. The van der Waals surface area contributed by atoms with Gasteiger partial charge in [-0.3, -0.25) is 9.59 Å². The minimum absolute atomic E-state index is 0.159. The van der Waals surface area contributed by atoms with Gasteiger partial charge in [-0.25, -0.2) is 0 Å². The molecule has 1 saturated heterocycles. The molecule has 1 rings (SSSR count). The number of carbonyl (C=O) groups excluding carboxylic acids is 2. The van der Waals surface area contributed by atoms with Crippen molar-refractivity contribution in [1.82, 2.24) is 4.90 Å². The fourth-order valence-electron chi connectivity index (χ4n) is 1.67. The number of rotatable bonds is 5. The van der Waals surface area contributed by atoms with E-state index >= 15 is 0 Å². The van der Waals surface area contributed by atoms with Gasteiger partial charge >= 0.3 is 0 Å². The van der Waals surface area contributed by atoms with Gasteiger partial charge in [0.15, 0.2) is 0 Å². The molecule has 2 N–H and O–H groups in total. The normalized spacial score (nSPS) is 38.7. The van der Waals surface area contributed by atoms with Crippen LogP contribution in [0.3, 0.4) is 0 Å². The summed E-state index contributed by atoms with van der Waals surface area (Å²) in [5.41, 5.74) is 5.19. The Hall–Kier alpha value is -1.06. The Morgan fingerprint density at radius 2 is 2.67 bits per heavy atom. The molecule has 0 radical (unpaired) electrons. The van der Waals surface area contributed by atoms with Gasteiger partial charge in [0.05, 0.1) is 0 Å². The lowest BCUT2D eigenvalue weighted by Crippen LogP contribution is -2.45. The van der Waals surface area contributed by atoms with Gasteiger partial charge in [-0.1, -0.05) is 20.1 Å². The fraction of sp³-hybridized carbons (Fsp3) is 0.818. The maximum absolute atomic E-state index is 12.1. The molecule has 0 spiro atoms. The molecule has 0 aromatic rings. The molecule has 1 heterocycles. The van der Waals surface area contributed by atoms with Crippen molar-refractivity contribution in [2.75, 3.05) is 6.54 Å². The van der Waals surface area contributed by atoms with Crippen LogP contribution in [0.15, 0.2) is 0 Å². The van der Waals surface area contributed by atoms with Crippen LogP contribution < -0.4 is 5.73 Å². The largest absolute Gasteiger partial charge is 0.368 e. The van der Waals surface area contributed by atoms with Gasteiger partial charge < -0.3 is 10.6 Å². The highest BCUT2D eigenvalue weighted by molar-refractivity contribution is 5.87. The smallest absolute Gasteiger partial charge is 0.240 e. The predicted molar refractivity (Wildman–Crippen MR) is 58.0 cm³/mol. The summed E-state index contributed by atoms with van der Waals surface area (Å²) in [7, 11) is 0. The summed E-state index contributed by atoms with van der Waals surface area (Å²) < 4.78 is 60.9. The topological polar surface area (TPSA) is 63.4 Å². The summed E-state index contributed by atoms with van der Waals surface area (Å²) in [5.74, 6) is -3.88. The molecule has 0 aromatic carbocycles. The van der Waals surface area contributed by atoms with Crippen molar-refractivity contribution in [2.24, 2.45) is 11.6 Å². The van der Waals surface area contributed by atoms with E-state index in [1.165, 1.54) is 0 Å². The van der Waals surface area contributed by atoms with Crippen molar-refractivity contribution in [3.8, 4) is 0 Å². The molecule has 2 amide bonds. The summed E-state index contributed by atoms with van der Waals surface area (Å²) in [6.07, 6.45) is -7.05. The van der Waals surface area contributed by atoms with E-state index in [2.05, 4.69) is 0 Å². The molecule has 0 saturated carbocycles. The zero-order valence-corrected chi connectivity index (χ0v) is 8.54. The standard InChI is InChI=1S/C11H20N2O2/c1-3-5-8-6-10(14)13(7-8)9(4-2)11(12)15/h8-9H,3-7H2,1-2H3,(H2,12,15)/t8-,9+/m1/s1/i1D3,3D2,5D2,8D. The highest BCUT2D eigenvalue weighted by Gasteiger charge is 2.35. The van der Waals surface area contributed by atoms with Crippen molar-refractivity contribution in [3.05, 3.63) is 0 Å². The van der Waals surface area contributed by atoms with E-state index in [-0.39, 0.29) is 6.42 Å². The van der Waals surface area contributed by atoms with Crippen molar-refractivity contribution >= 4 is 11.8 Å². The van der Waals surface area contributed by atoms with Crippen LogP contribution in [0.5, 0.6) is 0 Å². The first-order chi connectivity index (χ1) is 10.1. The van der Waals surface area contributed by atoms with Crippen LogP contribution in [0.25, 0.3) is 0 Å². The molecular formula is C11H20N2O2. The summed E-state index contributed by atoms with van der Waals surface area (Å²) >= 11 is 0. The third kappa shape index (κ3) is 2.70. The Balaban J connectivity index is 3.23. The summed E-state index contributed by atoms with van der Waals surface area (Å²) in [5, 5.41) is 0. The lowest BCUT2D eigenvalue weighted by molar-refractivity contribution is -0.136. The molecule has 0 unspecified atom stereocenters. The average Bonchev–Trinajstić information content (AvgIpc) is 2.65. The van der Waals surface area contributed by atoms with Crippen LogP contribution in [0.4, 0.5) is 0 Å². The van der Waals surface area contributed by atoms with E-state index in [1.54, 1.807) is 6.92 Å². The van der Waals surface area contributed by atoms with E-state index in [9.17, 15) is 9.59 Å². The molecule has 0 bridgehead atoms. The average molecular weight is 220 g/mol. The van der Waals surface area contributed by atoms with Gasteiger partial charge in [-0.15, -0.1) is 0 Å². The Kier molecular flexibility index (Phi) is 1.66. The van der Waals surface area contributed by atoms with Crippen molar-refractivity contribution in [1.29, 1.82) is 0 Å². The number of nitrogens with zero attached hydrogens (tertiary/aromatic N) is 1. The Labute approximate surface area is 102 Å². The second-order valence-corrected chi connectivity index (χ2v) is 3.38. The molecular weight excluding hydrogens is 192 g/mol. The Morgan fingerprint density at radius 3 is 3.20 bits per heavy atom. The first-order valence-corrected chi connectivity index (χ1v) is 4.71. The number of carbonyl (C=O) groups is 2. The molecule has 0 aliphatic carbocycles. The van der Waals surface area contributed by atoms with Crippen LogP contribution in [0.2, 0.25) is 0 Å². The van der Waals surface area contributed by atoms with Gasteiger partial charge in [0.1, 0.15) is 6.04 Å². The number of primary amides is 1. The first kappa shape index (κ1) is 4.85. The molecule has 2 atom stereocenters. The van der Waals surface area contributed by atoms with Gasteiger partial charge in [-0.2, -0.15) is 0 Å². The van der Waals surface area contributed by atoms with Crippen LogP contribution in [-0.2, 0) is 9.59 Å². The molecule has 0 aromatic heterocycles. The third-order valence-electron chi connectivity index (χ3n) is 2.38. The van der Waals surface area contributed by atoms with E-state index in [1.807, 2.05) is 0 Å². The first-order valence-electron chi connectivity index (χ1n) is 8.71. The molecule has 15 heavy (non-hydrogen) atoms. The molecule has 86 valence electrons. The minimum Gasteiger partial charge on any atom is -0.368 e. The minimum atomic E-state index is -3.34. The predicted octanol–water partition coefficient (Wildman–Crippen LogP) is 0.899. The number of hydrogen-bond acceptors (Lipinski definition) is 2. The number of hydrogen-bond donors (Lipinski definition) is 1. The summed E-state index contributed by atoms with van der Waals surface area (Å²) in [6, 6.07) is -1.04. The van der Waals surface area contributed by atoms with Crippen LogP contribution in [0, 0.1) is 5.89 Å². The zero-order valence-electron chi connectivity index (χ0n) is 16.5. The van der Waals surface area contributed by atoms with Crippen molar-refractivity contribution in [3.63, 3.8) is 0 Å². The maximum Gasteiger partial charge on any atom is 0.240 e. The van der Waals surface area contributed by atoms with Crippen LogP contribution >= 0.6 is 0 Å². The highest BCUT2D eigenvalue weighted by atomic mass is 16.2. The van der Waals surface area contributed by atoms with Gasteiger partial charge in [0.2, 0.25) is 11.8 Å². The second kappa shape index (κ2) is 5.14. The molecule has 4 heteroatoms. The fourth-order valence-corrected chi connectivity index (χ4v) is 1.67. The van der Waals surface area contributed by atoms with Gasteiger partial charge in [0.25, 0.3) is 0 Å². The molecule has 4 nitrogen and oxygen atoms in total. The SMILES string of the molecule is [2H]C([2H])([2H])C([2H])([2H])C([2H])([2H])[C@]1([2H])CC(=O)N([C@@H](CC)C(N)=O)C1. The molecule has 1 fully saturated rings. The molecule has 1 aliphatic heterocycles. The number of likely N-dealkylation sites (tertiary alicyclic amines) is 1. The van der Waals surface area contributed by atoms with E-state index in [0.29, 0.717) is 0 Å². The zero-order chi connectivity index (χ0) is 18.4. The quantitative estimate of drug-likeness (QED) is 0.748. The third-order valence-corrected chi connectivity index (χ3v) is 2.38. The van der Waals surface area contributed by atoms with E-state index in [0.717, 1.165) is 4.90 Å². The lowest BCUT2D eigenvalue weighted by atomic mass is 10.0. The van der Waals surface area contributed by atoms with Crippen LogP contribution in [0.1, 0.15) is 50.3 Å². The van der Waals surface area contributed by atoms with E-state index in [4.69, 9.17) is 16.7 Å². The van der Waals surface area contributed by atoms with Crippen molar-refractivity contribution in [2.45, 2.75) is 45.4 Å².